The first-order valence-corrected chi connectivity index (χ1v) is 8.24. The quantitative estimate of drug-likeness (QED) is 0.761. The number of carbonyl (C=O) groups excluding carboxylic acids is 2. The minimum absolute atomic E-state index is 0.199. The number of halogens is 1. The summed E-state index contributed by atoms with van der Waals surface area (Å²) in [5.74, 6) is -0.0477. The average molecular weight is 362 g/mol. The van der Waals surface area contributed by atoms with Crippen molar-refractivity contribution in [3.05, 3.63) is 59.1 Å². The van der Waals surface area contributed by atoms with Gasteiger partial charge >= 0.3 is 5.97 Å². The minimum atomic E-state index is -0.876. The van der Waals surface area contributed by atoms with Gasteiger partial charge in [-0.25, -0.2) is 0 Å². The molecule has 2 rings (SSSR count). The highest BCUT2D eigenvalue weighted by Gasteiger charge is 2.17. The number of hydrogen-bond donors (Lipinski definition) is 1. The molecule has 5 nitrogen and oxygen atoms in total. The van der Waals surface area contributed by atoms with Gasteiger partial charge in [0.15, 0.2) is 6.10 Å². The van der Waals surface area contributed by atoms with E-state index in [4.69, 9.17) is 21.1 Å². The van der Waals surface area contributed by atoms with Crippen LogP contribution in [0.3, 0.4) is 0 Å². The molecule has 0 aliphatic carbocycles. The van der Waals surface area contributed by atoms with Gasteiger partial charge in [-0.05, 0) is 55.3 Å². The summed E-state index contributed by atoms with van der Waals surface area (Å²) in [4.78, 5) is 23.9. The molecule has 0 saturated heterocycles. The molecule has 0 aromatic heterocycles. The van der Waals surface area contributed by atoms with Crippen molar-refractivity contribution < 1.29 is 19.1 Å². The summed E-state index contributed by atoms with van der Waals surface area (Å²) < 4.78 is 10.3. The van der Waals surface area contributed by atoms with Gasteiger partial charge < -0.3 is 14.8 Å². The van der Waals surface area contributed by atoms with E-state index in [0.717, 1.165) is 11.3 Å². The fraction of sp³-hybridized carbons (Fsp3) is 0.263. The summed E-state index contributed by atoms with van der Waals surface area (Å²) in [5.41, 5.74) is 1.59. The lowest BCUT2D eigenvalue weighted by Crippen LogP contribution is -2.30. The second-order valence-electron chi connectivity index (χ2n) is 5.48. The molecule has 0 saturated carbocycles. The van der Waals surface area contributed by atoms with Crippen LogP contribution < -0.4 is 10.1 Å². The summed E-state index contributed by atoms with van der Waals surface area (Å²) >= 11 is 5.79. The zero-order valence-electron chi connectivity index (χ0n) is 14.1. The van der Waals surface area contributed by atoms with Crippen LogP contribution in [0.5, 0.6) is 5.75 Å². The Hall–Kier alpha value is -2.53. The van der Waals surface area contributed by atoms with Crippen molar-refractivity contribution in [2.75, 3.05) is 12.4 Å². The highest BCUT2D eigenvalue weighted by Crippen LogP contribution is 2.15. The first-order valence-electron chi connectivity index (χ1n) is 7.87. The Labute approximate surface area is 151 Å². The molecule has 1 atom stereocenters. The van der Waals surface area contributed by atoms with E-state index in [1.807, 2.05) is 24.3 Å². The number of nitrogens with one attached hydrogen (secondary N) is 1. The van der Waals surface area contributed by atoms with Gasteiger partial charge in [-0.1, -0.05) is 23.7 Å². The Bertz CT molecular complexity index is 713. The van der Waals surface area contributed by atoms with E-state index in [9.17, 15) is 9.59 Å². The summed E-state index contributed by atoms with van der Waals surface area (Å²) in [7, 11) is 1.60. The smallest absolute Gasteiger partial charge is 0.306 e. The third kappa shape index (κ3) is 6.12. The largest absolute Gasteiger partial charge is 0.497 e. The molecule has 1 amide bonds. The molecular formula is C19H20ClNO4. The van der Waals surface area contributed by atoms with E-state index in [1.165, 1.54) is 6.92 Å². The van der Waals surface area contributed by atoms with Gasteiger partial charge in [0.2, 0.25) is 0 Å². The summed E-state index contributed by atoms with van der Waals surface area (Å²) in [6.45, 7) is 1.54. The second kappa shape index (κ2) is 9.08. The van der Waals surface area contributed by atoms with Crippen LogP contribution in [-0.2, 0) is 20.7 Å². The predicted molar refractivity (Wildman–Crippen MR) is 97.0 cm³/mol. The van der Waals surface area contributed by atoms with Crippen LogP contribution in [0, 0.1) is 0 Å². The molecular weight excluding hydrogens is 342 g/mol. The van der Waals surface area contributed by atoms with Gasteiger partial charge in [-0.3, -0.25) is 9.59 Å². The zero-order valence-corrected chi connectivity index (χ0v) is 14.9. The van der Waals surface area contributed by atoms with Crippen molar-refractivity contribution in [3.8, 4) is 5.75 Å². The van der Waals surface area contributed by atoms with Crippen molar-refractivity contribution in [2.24, 2.45) is 0 Å². The monoisotopic (exact) mass is 361 g/mol. The zero-order chi connectivity index (χ0) is 18.2. The highest BCUT2D eigenvalue weighted by molar-refractivity contribution is 6.30. The maximum atomic E-state index is 12.0. The molecule has 2 aromatic rings. The Kier molecular flexibility index (Phi) is 6.83. The molecule has 0 radical (unpaired) electrons. The fourth-order valence-electron chi connectivity index (χ4n) is 2.13. The lowest BCUT2D eigenvalue weighted by molar-refractivity contribution is -0.153. The van der Waals surface area contributed by atoms with Crippen molar-refractivity contribution in [1.29, 1.82) is 0 Å². The van der Waals surface area contributed by atoms with Crippen LogP contribution in [0.4, 0.5) is 5.69 Å². The van der Waals surface area contributed by atoms with E-state index in [0.29, 0.717) is 17.1 Å². The SMILES string of the molecule is COc1ccc(CCC(=O)O[C@H](C)C(=O)Nc2ccc(Cl)cc2)cc1. The van der Waals surface area contributed by atoms with Crippen LogP contribution >= 0.6 is 11.6 Å². The van der Waals surface area contributed by atoms with Gasteiger partial charge in [0.05, 0.1) is 7.11 Å². The summed E-state index contributed by atoms with van der Waals surface area (Å²) in [5, 5.41) is 3.25. The Morgan fingerprint density at radius 3 is 2.32 bits per heavy atom. The second-order valence-corrected chi connectivity index (χ2v) is 5.91. The Balaban J connectivity index is 1.78. The average Bonchev–Trinajstić information content (AvgIpc) is 2.62. The number of esters is 1. The number of hydrogen-bond acceptors (Lipinski definition) is 4. The van der Waals surface area contributed by atoms with Gasteiger partial charge in [-0.2, -0.15) is 0 Å². The van der Waals surface area contributed by atoms with E-state index in [-0.39, 0.29) is 12.3 Å². The fourth-order valence-corrected chi connectivity index (χ4v) is 2.25. The van der Waals surface area contributed by atoms with Crippen molar-refractivity contribution in [2.45, 2.75) is 25.9 Å². The molecule has 0 bridgehead atoms. The van der Waals surface area contributed by atoms with Crippen molar-refractivity contribution >= 4 is 29.2 Å². The van der Waals surface area contributed by atoms with Gasteiger partial charge in [0.25, 0.3) is 5.91 Å². The number of aryl methyl sites for hydroxylation is 1. The van der Waals surface area contributed by atoms with Crippen molar-refractivity contribution in [3.63, 3.8) is 0 Å². The van der Waals surface area contributed by atoms with Crippen LogP contribution in [0.2, 0.25) is 5.02 Å². The number of ether oxygens (including phenoxy) is 2. The van der Waals surface area contributed by atoms with Gasteiger partial charge in [0.1, 0.15) is 5.75 Å². The van der Waals surface area contributed by atoms with Crippen molar-refractivity contribution in [1.82, 2.24) is 0 Å². The molecule has 0 unspecified atom stereocenters. The topological polar surface area (TPSA) is 64.6 Å². The number of benzene rings is 2. The standard InChI is InChI=1S/C19H20ClNO4/c1-13(19(23)21-16-8-6-15(20)7-9-16)25-18(22)12-5-14-3-10-17(24-2)11-4-14/h3-4,6-11,13H,5,12H2,1-2H3,(H,21,23)/t13-/m1/s1. The minimum Gasteiger partial charge on any atom is -0.497 e. The van der Waals surface area contributed by atoms with Gasteiger partial charge in [-0.15, -0.1) is 0 Å². The van der Waals surface area contributed by atoms with Crippen LogP contribution in [0.1, 0.15) is 18.9 Å². The molecule has 0 aliphatic rings. The number of amides is 1. The third-order valence-electron chi connectivity index (χ3n) is 3.57. The maximum Gasteiger partial charge on any atom is 0.306 e. The van der Waals surface area contributed by atoms with Crippen LogP contribution in [-0.4, -0.2) is 25.1 Å². The Morgan fingerprint density at radius 2 is 1.72 bits per heavy atom. The molecule has 0 spiro atoms. The maximum absolute atomic E-state index is 12.0. The van der Waals surface area contributed by atoms with Crippen LogP contribution in [0.25, 0.3) is 0 Å². The van der Waals surface area contributed by atoms with E-state index < -0.39 is 12.1 Å². The Morgan fingerprint density at radius 1 is 1.08 bits per heavy atom. The number of anilines is 1. The molecule has 1 N–H and O–H groups in total. The molecule has 0 heterocycles. The highest BCUT2D eigenvalue weighted by atomic mass is 35.5. The molecule has 0 aliphatic heterocycles. The normalized spacial score (nSPS) is 11.5. The summed E-state index contributed by atoms with van der Waals surface area (Å²) in [6, 6.07) is 14.2. The summed E-state index contributed by atoms with van der Waals surface area (Å²) in [6.07, 6.45) is -0.141. The molecule has 0 fully saturated rings. The molecule has 132 valence electrons. The first kappa shape index (κ1) is 18.8. The first-order chi connectivity index (χ1) is 12.0. The third-order valence-corrected chi connectivity index (χ3v) is 3.82. The van der Waals surface area contributed by atoms with E-state index >= 15 is 0 Å². The molecule has 2 aromatic carbocycles. The predicted octanol–water partition coefficient (Wildman–Crippen LogP) is 3.85. The lowest BCUT2D eigenvalue weighted by atomic mass is 10.1. The number of carbonyl (C=O) groups is 2. The van der Waals surface area contributed by atoms with E-state index in [1.54, 1.807) is 31.4 Å². The van der Waals surface area contributed by atoms with Crippen LogP contribution in [0.15, 0.2) is 48.5 Å². The molecule has 6 heteroatoms. The lowest BCUT2D eigenvalue weighted by Gasteiger charge is -2.13. The number of rotatable bonds is 7. The number of methoxy groups -OCH3 is 1. The van der Waals surface area contributed by atoms with Gasteiger partial charge in [0, 0.05) is 17.1 Å². The molecule has 25 heavy (non-hydrogen) atoms. The van der Waals surface area contributed by atoms with E-state index in [2.05, 4.69) is 5.32 Å².